The van der Waals surface area contributed by atoms with Crippen molar-refractivity contribution in [2.24, 2.45) is 11.8 Å². The molecular weight excluding hydrogens is 395 g/mol. The van der Waals surface area contributed by atoms with E-state index in [1.54, 1.807) is 12.1 Å². The predicted molar refractivity (Wildman–Crippen MR) is 120 cm³/mol. The van der Waals surface area contributed by atoms with E-state index in [4.69, 9.17) is 0 Å². The van der Waals surface area contributed by atoms with Gasteiger partial charge in [0.05, 0.1) is 18.6 Å². The highest BCUT2D eigenvalue weighted by atomic mass is 19.1. The van der Waals surface area contributed by atoms with E-state index in [-0.39, 0.29) is 29.7 Å². The number of nitrogens with one attached hydrogen (secondary N) is 1. The number of hydrogen-bond acceptors (Lipinski definition) is 4. The minimum Gasteiger partial charge on any atom is -0.348 e. The molecule has 0 saturated carbocycles. The molecule has 172 valence electrons. The van der Waals surface area contributed by atoms with E-state index in [2.05, 4.69) is 29.0 Å². The quantitative estimate of drug-likeness (QED) is 0.751. The van der Waals surface area contributed by atoms with E-state index >= 15 is 0 Å². The number of benzene rings is 1. The van der Waals surface area contributed by atoms with Crippen molar-refractivity contribution in [1.82, 2.24) is 20.0 Å². The van der Waals surface area contributed by atoms with Gasteiger partial charge in [-0.15, -0.1) is 0 Å². The minimum atomic E-state index is -0.281. The molecule has 3 rings (SSSR count). The maximum Gasteiger partial charge on any atom is 0.237 e. The summed E-state index contributed by atoms with van der Waals surface area (Å²) in [6.45, 7) is 13.6. The molecule has 0 radical (unpaired) electrons. The summed E-state index contributed by atoms with van der Waals surface area (Å²) in [4.78, 5) is 31.9. The van der Waals surface area contributed by atoms with Gasteiger partial charge in [0, 0.05) is 39.3 Å². The summed E-state index contributed by atoms with van der Waals surface area (Å²) in [5, 5.41) is 3.03. The summed E-state index contributed by atoms with van der Waals surface area (Å²) in [7, 11) is 0. The van der Waals surface area contributed by atoms with Gasteiger partial charge in [-0.25, -0.2) is 4.39 Å². The highest BCUT2D eigenvalue weighted by molar-refractivity contribution is 5.81. The van der Waals surface area contributed by atoms with Crippen molar-refractivity contribution in [3.8, 4) is 0 Å². The van der Waals surface area contributed by atoms with E-state index in [0.29, 0.717) is 18.4 Å². The molecular formula is C24H37FN4O2. The van der Waals surface area contributed by atoms with Gasteiger partial charge in [0.2, 0.25) is 11.8 Å². The number of halogens is 1. The van der Waals surface area contributed by atoms with Gasteiger partial charge in [-0.05, 0) is 49.8 Å². The van der Waals surface area contributed by atoms with Gasteiger partial charge in [-0.1, -0.05) is 26.0 Å². The maximum atomic E-state index is 13.1. The van der Waals surface area contributed by atoms with Crippen LogP contribution in [0.5, 0.6) is 0 Å². The van der Waals surface area contributed by atoms with Gasteiger partial charge in [0.25, 0.3) is 0 Å². The standard InChI is InChI=1S/C24H37FN4O2/c1-17-13-18(2)15-29(14-17)23(30)16-27-9-11-28(12-10-27)20(4)24(31)26-19(3)21-5-7-22(25)8-6-21/h5-8,17-20H,9-16H2,1-4H3,(H,26,31). The summed E-state index contributed by atoms with van der Waals surface area (Å²) in [6, 6.07) is 5.79. The van der Waals surface area contributed by atoms with Gasteiger partial charge in [0.15, 0.2) is 0 Å². The Hall–Kier alpha value is -1.99. The molecule has 2 saturated heterocycles. The fraction of sp³-hybridized carbons (Fsp3) is 0.667. The number of piperidine rings is 1. The van der Waals surface area contributed by atoms with E-state index < -0.39 is 0 Å². The normalized spacial score (nSPS) is 25.1. The number of hydrogen-bond donors (Lipinski definition) is 1. The van der Waals surface area contributed by atoms with Gasteiger partial charge in [0.1, 0.15) is 5.82 Å². The number of carbonyl (C=O) groups is 2. The number of nitrogens with zero attached hydrogens (tertiary/aromatic N) is 3. The van der Waals surface area contributed by atoms with Crippen LogP contribution in [-0.2, 0) is 9.59 Å². The van der Waals surface area contributed by atoms with Crippen LogP contribution in [0.3, 0.4) is 0 Å². The van der Waals surface area contributed by atoms with Gasteiger partial charge >= 0.3 is 0 Å². The van der Waals surface area contributed by atoms with Crippen molar-refractivity contribution >= 4 is 11.8 Å². The first-order chi connectivity index (χ1) is 14.7. The number of rotatable bonds is 6. The second-order valence-corrected chi connectivity index (χ2v) is 9.51. The molecule has 2 aliphatic heterocycles. The van der Waals surface area contributed by atoms with Gasteiger partial charge in [-0.3, -0.25) is 19.4 Å². The average Bonchev–Trinajstić information content (AvgIpc) is 2.73. The summed E-state index contributed by atoms with van der Waals surface area (Å²) >= 11 is 0. The topological polar surface area (TPSA) is 55.9 Å². The molecule has 1 aromatic rings. The van der Waals surface area contributed by atoms with Crippen LogP contribution in [0.15, 0.2) is 24.3 Å². The van der Waals surface area contributed by atoms with Crippen molar-refractivity contribution in [2.75, 3.05) is 45.8 Å². The summed E-state index contributed by atoms with van der Waals surface area (Å²) in [5.41, 5.74) is 0.881. The maximum absolute atomic E-state index is 13.1. The molecule has 31 heavy (non-hydrogen) atoms. The second kappa shape index (κ2) is 10.6. The SMILES string of the molecule is CC1CC(C)CN(C(=O)CN2CCN(C(C)C(=O)NC(C)c3ccc(F)cc3)CC2)C1. The van der Waals surface area contributed by atoms with Crippen LogP contribution in [0.4, 0.5) is 4.39 Å². The predicted octanol–water partition coefficient (Wildman–Crippen LogP) is 2.51. The van der Waals surface area contributed by atoms with Crippen molar-refractivity contribution in [3.05, 3.63) is 35.6 Å². The molecule has 7 heteroatoms. The zero-order chi connectivity index (χ0) is 22.5. The van der Waals surface area contributed by atoms with Crippen LogP contribution >= 0.6 is 0 Å². The zero-order valence-corrected chi connectivity index (χ0v) is 19.3. The Kier molecular flexibility index (Phi) is 8.06. The van der Waals surface area contributed by atoms with E-state index in [1.165, 1.54) is 18.6 Å². The summed E-state index contributed by atoms with van der Waals surface area (Å²) in [6.07, 6.45) is 1.20. The Morgan fingerprint density at radius 2 is 1.61 bits per heavy atom. The van der Waals surface area contributed by atoms with Crippen molar-refractivity contribution in [1.29, 1.82) is 0 Å². The fourth-order valence-corrected chi connectivity index (χ4v) is 4.80. The lowest BCUT2D eigenvalue weighted by atomic mass is 9.92. The molecule has 1 aromatic carbocycles. The van der Waals surface area contributed by atoms with Crippen molar-refractivity contribution in [2.45, 2.75) is 46.2 Å². The molecule has 0 aliphatic carbocycles. The molecule has 0 spiro atoms. The van der Waals surface area contributed by atoms with Crippen LogP contribution in [0.25, 0.3) is 0 Å². The molecule has 1 N–H and O–H groups in total. The Balaban J connectivity index is 1.43. The monoisotopic (exact) mass is 432 g/mol. The largest absolute Gasteiger partial charge is 0.348 e. The molecule has 6 nitrogen and oxygen atoms in total. The number of likely N-dealkylation sites (tertiary alicyclic amines) is 1. The van der Waals surface area contributed by atoms with Crippen LogP contribution in [0.1, 0.15) is 45.7 Å². The molecule has 4 atom stereocenters. The number of amides is 2. The zero-order valence-electron chi connectivity index (χ0n) is 19.3. The molecule has 0 aromatic heterocycles. The molecule has 2 fully saturated rings. The highest BCUT2D eigenvalue weighted by Gasteiger charge is 2.30. The first-order valence-electron chi connectivity index (χ1n) is 11.5. The first-order valence-corrected chi connectivity index (χ1v) is 11.5. The van der Waals surface area contributed by atoms with Crippen LogP contribution in [0.2, 0.25) is 0 Å². The van der Waals surface area contributed by atoms with E-state index in [9.17, 15) is 14.0 Å². The highest BCUT2D eigenvalue weighted by Crippen LogP contribution is 2.21. The second-order valence-electron chi connectivity index (χ2n) is 9.51. The third-order valence-corrected chi connectivity index (χ3v) is 6.64. The third-order valence-electron chi connectivity index (χ3n) is 6.64. The molecule has 2 aliphatic rings. The average molecular weight is 433 g/mol. The lowest BCUT2D eigenvalue weighted by Gasteiger charge is -2.39. The van der Waals surface area contributed by atoms with E-state index in [1.807, 2.05) is 18.7 Å². The van der Waals surface area contributed by atoms with E-state index in [0.717, 1.165) is 44.8 Å². The molecule has 2 heterocycles. The Morgan fingerprint density at radius 3 is 2.19 bits per heavy atom. The van der Waals surface area contributed by atoms with Crippen LogP contribution in [-0.4, -0.2) is 78.4 Å². The van der Waals surface area contributed by atoms with Gasteiger partial charge < -0.3 is 10.2 Å². The van der Waals surface area contributed by atoms with Gasteiger partial charge in [-0.2, -0.15) is 0 Å². The summed E-state index contributed by atoms with van der Waals surface area (Å²) in [5.74, 6) is 1.06. The third kappa shape index (κ3) is 6.50. The van der Waals surface area contributed by atoms with Crippen LogP contribution < -0.4 is 5.32 Å². The molecule has 4 unspecified atom stereocenters. The Bertz CT molecular complexity index is 738. The lowest BCUT2D eigenvalue weighted by Crippen LogP contribution is -2.56. The molecule has 0 bridgehead atoms. The number of piperazine rings is 1. The number of carbonyl (C=O) groups excluding carboxylic acids is 2. The Morgan fingerprint density at radius 1 is 1.03 bits per heavy atom. The minimum absolute atomic E-state index is 0.0300. The first kappa shape index (κ1) is 23.7. The van der Waals surface area contributed by atoms with Crippen LogP contribution in [0, 0.1) is 17.7 Å². The lowest BCUT2D eigenvalue weighted by molar-refractivity contribution is -0.136. The molecule has 2 amide bonds. The van der Waals surface area contributed by atoms with Crippen molar-refractivity contribution < 1.29 is 14.0 Å². The smallest absolute Gasteiger partial charge is 0.237 e. The summed E-state index contributed by atoms with van der Waals surface area (Å²) < 4.78 is 13.1. The Labute approximate surface area is 185 Å². The fourth-order valence-electron chi connectivity index (χ4n) is 4.80. The van der Waals surface area contributed by atoms with Crippen molar-refractivity contribution in [3.63, 3.8) is 0 Å².